The minimum Gasteiger partial charge on any atom is -0.507 e. The highest BCUT2D eigenvalue weighted by Gasteiger charge is 2.80. The molecule has 0 unspecified atom stereocenters. The van der Waals surface area contributed by atoms with E-state index >= 15 is 0 Å². The molecule has 0 aromatic heterocycles. The van der Waals surface area contributed by atoms with E-state index in [1.807, 2.05) is 6.92 Å². The van der Waals surface area contributed by atoms with E-state index in [0.29, 0.717) is 22.3 Å². The second-order valence-electron chi connectivity index (χ2n) is 11.8. The number of carbonyl (C=O) groups excluding carboxylic acids is 3. The number of phenols is 2. The highest BCUT2D eigenvalue weighted by atomic mass is 16.7. The average molecular weight is 537 g/mol. The van der Waals surface area contributed by atoms with E-state index in [2.05, 4.69) is 0 Å². The zero-order chi connectivity index (χ0) is 28.1. The number of ketones is 3. The molecule has 0 radical (unpaired) electrons. The fourth-order valence-electron chi connectivity index (χ4n) is 8.29. The number of fused-ring (bicyclic) bond motifs is 5. The van der Waals surface area contributed by atoms with Crippen molar-refractivity contribution in [3.8, 4) is 17.2 Å². The van der Waals surface area contributed by atoms with Gasteiger partial charge in [0.1, 0.15) is 22.7 Å². The van der Waals surface area contributed by atoms with Gasteiger partial charge in [0.15, 0.2) is 11.6 Å². The fourth-order valence-corrected chi connectivity index (χ4v) is 8.29. The first-order chi connectivity index (χ1) is 19.0. The monoisotopic (exact) mass is 536 g/mol. The second kappa shape index (κ2) is 6.89. The van der Waals surface area contributed by atoms with Crippen molar-refractivity contribution >= 4 is 17.3 Å². The van der Waals surface area contributed by atoms with Crippen LogP contribution < -0.4 is 4.74 Å². The Morgan fingerprint density at radius 3 is 2.42 bits per heavy atom. The molecule has 1 saturated heterocycles. The molecule has 3 aliphatic carbocycles. The number of carbonyl (C=O) groups is 3. The smallest absolute Gasteiger partial charge is 0.253 e. The van der Waals surface area contributed by atoms with Crippen LogP contribution in [0, 0.1) is 12.8 Å². The van der Waals surface area contributed by atoms with Crippen molar-refractivity contribution in [2.75, 3.05) is 0 Å². The Hall–Kier alpha value is -4.27. The quantitative estimate of drug-likeness (QED) is 0.308. The molecule has 8 rings (SSSR count). The van der Waals surface area contributed by atoms with Gasteiger partial charge in [0, 0.05) is 33.7 Å². The molecule has 40 heavy (non-hydrogen) atoms. The molecule has 3 aromatic rings. The van der Waals surface area contributed by atoms with Crippen LogP contribution in [0.4, 0.5) is 0 Å². The van der Waals surface area contributed by atoms with Crippen LogP contribution in [0.5, 0.6) is 17.2 Å². The third-order valence-corrected chi connectivity index (χ3v) is 9.52. The van der Waals surface area contributed by atoms with Gasteiger partial charge in [-0.1, -0.05) is 24.3 Å². The fraction of sp³-hybridized carbons (Fsp3) is 0.281. The number of hydrogen-bond acceptors (Lipinski definition) is 8. The number of aryl methyl sites for hydroxylation is 1. The van der Waals surface area contributed by atoms with Crippen molar-refractivity contribution in [3.05, 3.63) is 98.6 Å². The van der Waals surface area contributed by atoms with Crippen LogP contribution in [0.3, 0.4) is 0 Å². The topological polar surface area (TPSA) is 130 Å². The average Bonchev–Trinajstić information content (AvgIpc) is 3.32. The van der Waals surface area contributed by atoms with Crippen molar-refractivity contribution in [2.24, 2.45) is 5.92 Å². The van der Waals surface area contributed by atoms with Crippen molar-refractivity contribution in [1.29, 1.82) is 0 Å². The first-order valence-corrected chi connectivity index (χ1v) is 13.2. The number of phenolic OH excluding ortho intramolecular Hbond substituents is 2. The number of rotatable bonds is 0. The molecule has 5 aliphatic rings. The van der Waals surface area contributed by atoms with Crippen molar-refractivity contribution < 1.29 is 39.2 Å². The van der Waals surface area contributed by atoms with Gasteiger partial charge in [-0.05, 0) is 57.0 Å². The molecule has 5 atom stereocenters. The SMILES string of the molecule is Cc1cc(O)c2c(c1)C(=O)c1ccc3c(c1C2=O)O[C@@]12O[C@H](C)[C@H]4[C@@](C)(O)CC=C(C(=O)c5c(O)cccc51)[C@]342. The lowest BCUT2D eigenvalue weighted by Crippen LogP contribution is -2.61. The van der Waals surface area contributed by atoms with Gasteiger partial charge in [-0.2, -0.15) is 0 Å². The Morgan fingerprint density at radius 2 is 1.65 bits per heavy atom. The van der Waals surface area contributed by atoms with Crippen LogP contribution in [0.15, 0.2) is 54.1 Å². The summed E-state index contributed by atoms with van der Waals surface area (Å²) in [6.07, 6.45) is 1.26. The Labute approximate surface area is 228 Å². The molecular weight excluding hydrogens is 512 g/mol. The number of Topliss-reactive ketones (excluding diaryl/α,β-unsaturated/α-hetero) is 1. The second-order valence-corrected chi connectivity index (χ2v) is 11.8. The zero-order valence-corrected chi connectivity index (χ0v) is 21.9. The predicted molar refractivity (Wildman–Crippen MR) is 140 cm³/mol. The molecular formula is C32H24O8. The maximum atomic E-state index is 14.1. The Morgan fingerprint density at radius 1 is 0.875 bits per heavy atom. The summed E-state index contributed by atoms with van der Waals surface area (Å²) in [5.74, 6) is -4.25. The van der Waals surface area contributed by atoms with Crippen LogP contribution in [0.25, 0.3) is 0 Å². The van der Waals surface area contributed by atoms with Crippen LogP contribution in [-0.4, -0.2) is 44.4 Å². The summed E-state index contributed by atoms with van der Waals surface area (Å²) in [5.41, 5.74) is -0.848. The molecule has 0 amide bonds. The van der Waals surface area contributed by atoms with Gasteiger partial charge in [0.2, 0.25) is 5.78 Å². The summed E-state index contributed by atoms with van der Waals surface area (Å²) in [5, 5.41) is 33.3. The Kier molecular flexibility index (Phi) is 4.07. The number of ether oxygens (including phenoxy) is 2. The van der Waals surface area contributed by atoms with Crippen LogP contribution in [0.1, 0.15) is 79.2 Å². The van der Waals surface area contributed by atoms with E-state index < -0.39 is 46.2 Å². The van der Waals surface area contributed by atoms with Gasteiger partial charge < -0.3 is 24.8 Å². The van der Waals surface area contributed by atoms with Crippen LogP contribution in [0.2, 0.25) is 0 Å². The summed E-state index contributed by atoms with van der Waals surface area (Å²) in [6, 6.07) is 10.9. The molecule has 1 fully saturated rings. The normalized spacial score (nSPS) is 32.3. The summed E-state index contributed by atoms with van der Waals surface area (Å²) >= 11 is 0. The third-order valence-electron chi connectivity index (χ3n) is 9.52. The number of aromatic hydroxyl groups is 2. The van der Waals surface area contributed by atoms with E-state index in [0.717, 1.165) is 0 Å². The standard InChI is InChI=1S/C32H24O8/c1-13-11-16-22(21(34)12-13)27(37)23-15(25(16)35)7-8-19-28(23)40-32-17-5-4-6-20(33)24(17)26(36)18-9-10-30(3,38)29(14(2)39-32)31(18,19)32/h4-9,11-12,14,29,33-34,38H,10H2,1-3H3/t14-,29+,30+,31+,32+/m1/s1. The van der Waals surface area contributed by atoms with Crippen LogP contribution >= 0.6 is 0 Å². The van der Waals surface area contributed by atoms with Crippen molar-refractivity contribution in [2.45, 2.75) is 50.1 Å². The largest absolute Gasteiger partial charge is 0.507 e. The summed E-state index contributed by atoms with van der Waals surface area (Å²) in [7, 11) is 0. The first-order valence-electron chi connectivity index (χ1n) is 13.2. The zero-order valence-electron chi connectivity index (χ0n) is 21.9. The van der Waals surface area contributed by atoms with E-state index in [-0.39, 0.29) is 51.5 Å². The van der Waals surface area contributed by atoms with E-state index in [1.165, 1.54) is 12.1 Å². The van der Waals surface area contributed by atoms with E-state index in [1.54, 1.807) is 50.3 Å². The van der Waals surface area contributed by atoms with Crippen molar-refractivity contribution in [3.63, 3.8) is 0 Å². The molecule has 0 saturated carbocycles. The molecule has 3 N–H and O–H groups in total. The van der Waals surface area contributed by atoms with Gasteiger partial charge in [-0.15, -0.1) is 0 Å². The molecule has 8 heteroatoms. The number of benzene rings is 3. The summed E-state index contributed by atoms with van der Waals surface area (Å²) in [6.45, 7) is 5.23. The molecule has 1 spiro atoms. The minimum atomic E-state index is -1.70. The first kappa shape index (κ1) is 23.6. The predicted octanol–water partition coefficient (Wildman–Crippen LogP) is 3.98. The van der Waals surface area contributed by atoms with Gasteiger partial charge in [-0.25, -0.2) is 0 Å². The minimum absolute atomic E-state index is 0.0204. The summed E-state index contributed by atoms with van der Waals surface area (Å²) < 4.78 is 13.4. The lowest BCUT2D eigenvalue weighted by molar-refractivity contribution is -0.188. The van der Waals surface area contributed by atoms with Gasteiger partial charge in [0.25, 0.3) is 5.79 Å². The Bertz CT molecular complexity index is 1830. The lowest BCUT2D eigenvalue weighted by atomic mass is 9.50. The lowest BCUT2D eigenvalue weighted by Gasteiger charge is -2.51. The molecule has 2 heterocycles. The van der Waals surface area contributed by atoms with Gasteiger partial charge in [0.05, 0.1) is 28.4 Å². The maximum Gasteiger partial charge on any atom is 0.253 e. The molecule has 0 bridgehead atoms. The molecule has 8 nitrogen and oxygen atoms in total. The van der Waals surface area contributed by atoms with E-state index in [4.69, 9.17) is 9.47 Å². The number of hydrogen-bond donors (Lipinski definition) is 3. The van der Waals surface area contributed by atoms with E-state index in [9.17, 15) is 29.7 Å². The number of aliphatic hydroxyl groups is 1. The maximum absolute atomic E-state index is 14.1. The summed E-state index contributed by atoms with van der Waals surface area (Å²) in [4.78, 5) is 41.9. The molecule has 2 aliphatic heterocycles. The molecule has 200 valence electrons. The highest BCUT2D eigenvalue weighted by molar-refractivity contribution is 6.30. The third kappa shape index (κ3) is 2.29. The van der Waals surface area contributed by atoms with Crippen molar-refractivity contribution in [1.82, 2.24) is 0 Å². The Balaban J connectivity index is 1.50. The van der Waals surface area contributed by atoms with Gasteiger partial charge >= 0.3 is 0 Å². The highest BCUT2D eigenvalue weighted by Crippen LogP contribution is 2.73. The van der Waals surface area contributed by atoms with Crippen LogP contribution in [-0.2, 0) is 15.9 Å². The van der Waals surface area contributed by atoms with Gasteiger partial charge in [-0.3, -0.25) is 14.4 Å². The molecule has 3 aromatic carbocycles.